The summed E-state index contributed by atoms with van der Waals surface area (Å²) >= 11 is 0. The van der Waals surface area contributed by atoms with E-state index in [1.807, 2.05) is 50.2 Å². The number of fused-ring (bicyclic) bond motifs is 1. The number of hydrogen-bond donors (Lipinski definition) is 1. The van der Waals surface area contributed by atoms with Gasteiger partial charge in [-0.25, -0.2) is 0 Å². The van der Waals surface area contributed by atoms with E-state index in [9.17, 15) is 10.1 Å². The van der Waals surface area contributed by atoms with Crippen LogP contribution in [-0.2, 0) is 13.0 Å². The lowest BCUT2D eigenvalue weighted by Gasteiger charge is -2.32. The number of benzene rings is 2. The van der Waals surface area contributed by atoms with Crippen LogP contribution in [-0.4, -0.2) is 18.5 Å². The van der Waals surface area contributed by atoms with E-state index in [0.717, 1.165) is 41.8 Å². The second-order valence-electron chi connectivity index (χ2n) is 6.73. The zero-order chi connectivity index (χ0) is 17.8. The van der Waals surface area contributed by atoms with E-state index in [1.54, 1.807) is 0 Å². The third-order valence-corrected chi connectivity index (χ3v) is 4.51. The molecule has 1 aliphatic heterocycles. The van der Waals surface area contributed by atoms with Gasteiger partial charge in [0, 0.05) is 30.4 Å². The highest BCUT2D eigenvalue weighted by Gasteiger charge is 2.23. The molecule has 1 amide bonds. The molecule has 4 heteroatoms. The lowest BCUT2D eigenvalue weighted by atomic mass is 9.95. The van der Waals surface area contributed by atoms with Crippen LogP contribution in [0.3, 0.4) is 0 Å². The molecule has 3 rings (SSSR count). The predicted molar refractivity (Wildman–Crippen MR) is 99.6 cm³/mol. The average molecular weight is 333 g/mol. The van der Waals surface area contributed by atoms with Crippen molar-refractivity contribution >= 4 is 11.6 Å². The standard InChI is InChI=1S/C21H23N3O/c1-15(2)23-21(25)19-9-5-11-20-18(19)10-6-12-24(20)14-17-8-4-3-7-16(17)13-22/h3-5,7-9,11,15H,6,10,12,14H2,1-2H3,(H,23,25). The second-order valence-corrected chi connectivity index (χ2v) is 6.73. The molecular weight excluding hydrogens is 310 g/mol. The van der Waals surface area contributed by atoms with Crippen molar-refractivity contribution in [1.82, 2.24) is 5.32 Å². The number of carbonyl (C=O) groups excluding carboxylic acids is 1. The minimum absolute atomic E-state index is 0.00822. The molecule has 128 valence electrons. The molecule has 0 fully saturated rings. The number of anilines is 1. The van der Waals surface area contributed by atoms with Crippen LogP contribution in [0.25, 0.3) is 0 Å². The van der Waals surface area contributed by atoms with E-state index in [1.165, 1.54) is 0 Å². The zero-order valence-corrected chi connectivity index (χ0v) is 14.7. The monoisotopic (exact) mass is 333 g/mol. The molecule has 25 heavy (non-hydrogen) atoms. The Morgan fingerprint density at radius 1 is 1.24 bits per heavy atom. The van der Waals surface area contributed by atoms with Crippen LogP contribution in [0.15, 0.2) is 42.5 Å². The molecule has 0 saturated heterocycles. The maximum absolute atomic E-state index is 12.5. The molecule has 1 N–H and O–H groups in total. The van der Waals surface area contributed by atoms with Crippen molar-refractivity contribution in [2.24, 2.45) is 0 Å². The molecule has 1 heterocycles. The summed E-state index contributed by atoms with van der Waals surface area (Å²) in [7, 11) is 0. The van der Waals surface area contributed by atoms with Crippen molar-refractivity contribution in [3.05, 3.63) is 64.7 Å². The number of nitrogens with one attached hydrogen (secondary N) is 1. The number of nitrogens with zero attached hydrogens (tertiary/aromatic N) is 2. The third-order valence-electron chi connectivity index (χ3n) is 4.51. The van der Waals surface area contributed by atoms with Gasteiger partial charge in [-0.1, -0.05) is 24.3 Å². The van der Waals surface area contributed by atoms with E-state index >= 15 is 0 Å². The Kier molecular flexibility index (Phi) is 5.04. The van der Waals surface area contributed by atoms with Crippen LogP contribution in [0.2, 0.25) is 0 Å². The molecule has 0 aromatic heterocycles. The van der Waals surface area contributed by atoms with Gasteiger partial charge in [-0.05, 0) is 56.0 Å². The first-order valence-corrected chi connectivity index (χ1v) is 8.76. The Labute approximate surface area is 149 Å². The van der Waals surface area contributed by atoms with Gasteiger partial charge in [-0.2, -0.15) is 5.26 Å². The van der Waals surface area contributed by atoms with E-state index in [-0.39, 0.29) is 11.9 Å². The van der Waals surface area contributed by atoms with Gasteiger partial charge in [0.25, 0.3) is 5.91 Å². The summed E-state index contributed by atoms with van der Waals surface area (Å²) < 4.78 is 0. The minimum Gasteiger partial charge on any atom is -0.367 e. The summed E-state index contributed by atoms with van der Waals surface area (Å²) in [6, 6.07) is 16.0. The summed E-state index contributed by atoms with van der Waals surface area (Å²) in [5, 5.41) is 12.3. The Bertz CT molecular complexity index is 820. The smallest absolute Gasteiger partial charge is 0.251 e. The zero-order valence-electron chi connectivity index (χ0n) is 14.7. The maximum Gasteiger partial charge on any atom is 0.251 e. The molecule has 0 unspecified atom stereocenters. The molecular formula is C21H23N3O. The molecule has 2 aromatic rings. The van der Waals surface area contributed by atoms with E-state index in [0.29, 0.717) is 12.1 Å². The van der Waals surface area contributed by atoms with E-state index in [4.69, 9.17) is 0 Å². The van der Waals surface area contributed by atoms with Gasteiger partial charge in [-0.15, -0.1) is 0 Å². The summed E-state index contributed by atoms with van der Waals surface area (Å²) in [5.41, 5.74) is 4.72. The SMILES string of the molecule is CC(C)NC(=O)c1cccc2c1CCCN2Cc1ccccc1C#N. The molecule has 0 saturated carbocycles. The predicted octanol–water partition coefficient (Wildman–Crippen LogP) is 3.65. The minimum atomic E-state index is -0.00822. The lowest BCUT2D eigenvalue weighted by molar-refractivity contribution is 0.0942. The van der Waals surface area contributed by atoms with Crippen LogP contribution in [0.4, 0.5) is 5.69 Å². The number of nitriles is 1. The number of hydrogen-bond acceptors (Lipinski definition) is 3. The highest BCUT2D eigenvalue weighted by Crippen LogP contribution is 2.31. The third kappa shape index (κ3) is 3.66. The Morgan fingerprint density at radius 3 is 2.80 bits per heavy atom. The molecule has 0 bridgehead atoms. The molecule has 0 spiro atoms. The summed E-state index contributed by atoms with van der Waals surface area (Å²) in [5.74, 6) is -0.00822. The molecule has 4 nitrogen and oxygen atoms in total. The van der Waals surface area contributed by atoms with Gasteiger partial charge < -0.3 is 10.2 Å². The van der Waals surface area contributed by atoms with Gasteiger partial charge in [0.1, 0.15) is 0 Å². The molecule has 0 aliphatic carbocycles. The van der Waals surface area contributed by atoms with Crippen molar-refractivity contribution in [3.63, 3.8) is 0 Å². The topological polar surface area (TPSA) is 56.1 Å². The summed E-state index contributed by atoms with van der Waals surface area (Å²) in [6.07, 6.45) is 1.92. The van der Waals surface area contributed by atoms with Gasteiger partial charge in [0.05, 0.1) is 11.6 Å². The van der Waals surface area contributed by atoms with E-state index in [2.05, 4.69) is 22.4 Å². The first-order chi connectivity index (χ1) is 12.1. The Balaban J connectivity index is 1.92. The van der Waals surface area contributed by atoms with Gasteiger partial charge >= 0.3 is 0 Å². The Hall–Kier alpha value is -2.80. The quantitative estimate of drug-likeness (QED) is 0.929. The van der Waals surface area contributed by atoms with Crippen molar-refractivity contribution in [2.75, 3.05) is 11.4 Å². The number of carbonyl (C=O) groups is 1. The fourth-order valence-corrected chi connectivity index (χ4v) is 3.39. The molecule has 2 aromatic carbocycles. The molecule has 0 atom stereocenters. The first kappa shape index (κ1) is 17.0. The lowest BCUT2D eigenvalue weighted by Crippen LogP contribution is -2.34. The van der Waals surface area contributed by atoms with Crippen molar-refractivity contribution in [3.8, 4) is 6.07 Å². The Morgan fingerprint density at radius 2 is 2.04 bits per heavy atom. The van der Waals surface area contributed by atoms with Crippen LogP contribution in [0, 0.1) is 11.3 Å². The number of rotatable bonds is 4. The first-order valence-electron chi connectivity index (χ1n) is 8.76. The fraction of sp³-hybridized carbons (Fsp3) is 0.333. The van der Waals surface area contributed by atoms with Crippen molar-refractivity contribution in [2.45, 2.75) is 39.3 Å². The van der Waals surface area contributed by atoms with Crippen molar-refractivity contribution in [1.29, 1.82) is 5.26 Å². The molecule has 1 aliphatic rings. The highest BCUT2D eigenvalue weighted by atomic mass is 16.1. The van der Waals surface area contributed by atoms with Gasteiger partial charge in [-0.3, -0.25) is 4.79 Å². The van der Waals surface area contributed by atoms with Gasteiger partial charge in [0.2, 0.25) is 0 Å². The number of amides is 1. The fourth-order valence-electron chi connectivity index (χ4n) is 3.39. The van der Waals surface area contributed by atoms with Crippen LogP contribution < -0.4 is 10.2 Å². The maximum atomic E-state index is 12.5. The second kappa shape index (κ2) is 7.40. The largest absolute Gasteiger partial charge is 0.367 e. The molecule has 0 radical (unpaired) electrons. The average Bonchev–Trinajstić information content (AvgIpc) is 2.61. The van der Waals surface area contributed by atoms with Crippen LogP contribution in [0.1, 0.15) is 47.3 Å². The summed E-state index contributed by atoms with van der Waals surface area (Å²) in [4.78, 5) is 14.8. The van der Waals surface area contributed by atoms with Gasteiger partial charge in [0.15, 0.2) is 0 Å². The van der Waals surface area contributed by atoms with E-state index < -0.39 is 0 Å². The highest BCUT2D eigenvalue weighted by molar-refractivity contribution is 5.97. The van der Waals surface area contributed by atoms with Crippen molar-refractivity contribution < 1.29 is 4.79 Å². The summed E-state index contributed by atoms with van der Waals surface area (Å²) in [6.45, 7) is 5.56. The van der Waals surface area contributed by atoms with Crippen LogP contribution in [0.5, 0.6) is 0 Å². The normalized spacial score (nSPS) is 13.3. The van der Waals surface area contributed by atoms with Crippen LogP contribution >= 0.6 is 0 Å².